The van der Waals surface area contributed by atoms with Crippen LogP contribution in [-0.2, 0) is 15.9 Å². The number of hydrogen-bond acceptors (Lipinski definition) is 8. The minimum Gasteiger partial charge on any atom is -0.422 e. The van der Waals surface area contributed by atoms with Crippen LogP contribution >= 0.6 is 0 Å². The van der Waals surface area contributed by atoms with Crippen LogP contribution in [0.4, 0.5) is 0 Å². The number of rotatable bonds is 6. The number of nitrogens with zero attached hydrogens (tertiary/aromatic N) is 3. The van der Waals surface area contributed by atoms with Crippen LogP contribution < -0.4 is 5.32 Å². The lowest BCUT2D eigenvalue weighted by Gasteiger charge is -2.15. The molecule has 0 aliphatic carbocycles. The van der Waals surface area contributed by atoms with E-state index in [0.29, 0.717) is 37.1 Å². The van der Waals surface area contributed by atoms with E-state index in [9.17, 15) is 4.79 Å². The highest BCUT2D eigenvalue weighted by molar-refractivity contribution is 5.93. The SMILES string of the molecule is CC1(C)OC[C@H](c2nnc(CCNC(=O)c3cc(-c4ccccc4)on3)o2)O1. The van der Waals surface area contributed by atoms with Crippen molar-refractivity contribution in [3.63, 3.8) is 0 Å². The first-order chi connectivity index (χ1) is 13.5. The predicted octanol–water partition coefficient (Wildman–Crippen LogP) is 2.52. The summed E-state index contributed by atoms with van der Waals surface area (Å²) in [6, 6.07) is 11.1. The number of carbonyl (C=O) groups is 1. The molecule has 2 aromatic heterocycles. The van der Waals surface area contributed by atoms with Crippen LogP contribution in [-0.4, -0.2) is 40.2 Å². The Labute approximate surface area is 161 Å². The van der Waals surface area contributed by atoms with Crippen molar-refractivity contribution in [2.45, 2.75) is 32.2 Å². The van der Waals surface area contributed by atoms with Gasteiger partial charge in [-0.1, -0.05) is 35.5 Å². The molecule has 1 N–H and O–H groups in total. The molecule has 146 valence electrons. The molecule has 0 unspecified atom stereocenters. The largest absolute Gasteiger partial charge is 0.422 e. The van der Waals surface area contributed by atoms with Crippen LogP contribution in [0.25, 0.3) is 11.3 Å². The fraction of sp³-hybridized carbons (Fsp3) is 0.368. The van der Waals surface area contributed by atoms with Gasteiger partial charge < -0.3 is 23.7 Å². The number of amides is 1. The van der Waals surface area contributed by atoms with E-state index in [2.05, 4.69) is 20.7 Å². The molecule has 0 bridgehead atoms. The Hall–Kier alpha value is -3.04. The van der Waals surface area contributed by atoms with E-state index in [1.165, 1.54) is 0 Å². The maximum absolute atomic E-state index is 12.2. The summed E-state index contributed by atoms with van der Waals surface area (Å²) in [6.07, 6.45) is 0.0106. The van der Waals surface area contributed by atoms with Crippen molar-refractivity contribution in [1.82, 2.24) is 20.7 Å². The molecular formula is C19H20N4O5. The van der Waals surface area contributed by atoms with Gasteiger partial charge in [0.05, 0.1) is 6.61 Å². The second-order valence-corrected chi connectivity index (χ2v) is 6.80. The molecule has 0 spiro atoms. The second-order valence-electron chi connectivity index (χ2n) is 6.80. The third-order valence-electron chi connectivity index (χ3n) is 4.19. The Bertz CT molecular complexity index is 950. The summed E-state index contributed by atoms with van der Waals surface area (Å²) in [6.45, 7) is 4.34. The Morgan fingerprint density at radius 3 is 2.82 bits per heavy atom. The Morgan fingerprint density at radius 1 is 1.25 bits per heavy atom. The summed E-state index contributed by atoms with van der Waals surface area (Å²) in [5.41, 5.74) is 1.07. The van der Waals surface area contributed by atoms with Gasteiger partial charge >= 0.3 is 0 Å². The zero-order valence-corrected chi connectivity index (χ0v) is 15.5. The maximum Gasteiger partial charge on any atom is 0.273 e. The van der Waals surface area contributed by atoms with Gasteiger partial charge in [0.1, 0.15) is 0 Å². The molecule has 1 fully saturated rings. The molecule has 9 heteroatoms. The van der Waals surface area contributed by atoms with E-state index < -0.39 is 5.79 Å². The molecule has 1 aromatic carbocycles. The summed E-state index contributed by atoms with van der Waals surface area (Å²) >= 11 is 0. The van der Waals surface area contributed by atoms with E-state index in [0.717, 1.165) is 5.56 Å². The summed E-state index contributed by atoms with van der Waals surface area (Å²) in [7, 11) is 0. The highest BCUT2D eigenvalue weighted by Gasteiger charge is 2.36. The Kier molecular flexibility index (Phi) is 4.93. The highest BCUT2D eigenvalue weighted by Crippen LogP contribution is 2.31. The van der Waals surface area contributed by atoms with Gasteiger partial charge in [-0.2, -0.15) is 0 Å². The van der Waals surface area contributed by atoms with Crippen molar-refractivity contribution >= 4 is 5.91 Å². The monoisotopic (exact) mass is 384 g/mol. The van der Waals surface area contributed by atoms with E-state index in [1.807, 2.05) is 44.2 Å². The van der Waals surface area contributed by atoms with Gasteiger partial charge in [-0.15, -0.1) is 10.2 Å². The Balaban J connectivity index is 1.29. The zero-order valence-electron chi connectivity index (χ0n) is 15.5. The van der Waals surface area contributed by atoms with E-state index in [1.54, 1.807) is 6.07 Å². The number of carbonyl (C=O) groups excluding carboxylic acids is 1. The standard InChI is InChI=1S/C19H20N4O5/c1-19(2)25-11-15(27-19)18-22-21-16(26-18)8-9-20-17(24)13-10-14(28-23-13)12-6-4-3-5-7-12/h3-7,10,15H,8-9,11H2,1-2H3,(H,20,24)/t15-/m1/s1. The summed E-state index contributed by atoms with van der Waals surface area (Å²) in [5.74, 6) is 0.322. The van der Waals surface area contributed by atoms with Gasteiger partial charge in [0, 0.05) is 24.6 Å². The van der Waals surface area contributed by atoms with E-state index in [4.69, 9.17) is 18.4 Å². The van der Waals surface area contributed by atoms with Crippen molar-refractivity contribution in [2.24, 2.45) is 0 Å². The highest BCUT2D eigenvalue weighted by atomic mass is 16.7. The molecule has 28 heavy (non-hydrogen) atoms. The van der Waals surface area contributed by atoms with Crippen LogP contribution in [0.1, 0.15) is 42.2 Å². The zero-order chi connectivity index (χ0) is 19.6. The number of nitrogens with one attached hydrogen (secondary N) is 1. The second kappa shape index (κ2) is 7.53. The average molecular weight is 384 g/mol. The first-order valence-electron chi connectivity index (χ1n) is 8.94. The third-order valence-corrected chi connectivity index (χ3v) is 4.19. The quantitative estimate of drug-likeness (QED) is 0.690. The molecular weight excluding hydrogens is 364 g/mol. The van der Waals surface area contributed by atoms with Gasteiger partial charge in [0.2, 0.25) is 11.8 Å². The molecule has 3 aromatic rings. The maximum atomic E-state index is 12.2. The fourth-order valence-electron chi connectivity index (χ4n) is 2.80. The smallest absolute Gasteiger partial charge is 0.273 e. The van der Waals surface area contributed by atoms with Crippen LogP contribution in [0.3, 0.4) is 0 Å². The normalized spacial score (nSPS) is 18.3. The van der Waals surface area contributed by atoms with Gasteiger partial charge in [0.15, 0.2) is 23.3 Å². The minimum atomic E-state index is -0.663. The van der Waals surface area contributed by atoms with Crippen molar-refractivity contribution in [2.75, 3.05) is 13.2 Å². The lowest BCUT2D eigenvalue weighted by atomic mass is 10.1. The molecule has 3 heterocycles. The molecule has 9 nitrogen and oxygen atoms in total. The van der Waals surface area contributed by atoms with Crippen molar-refractivity contribution in [3.8, 4) is 11.3 Å². The predicted molar refractivity (Wildman–Crippen MR) is 96.1 cm³/mol. The van der Waals surface area contributed by atoms with Crippen molar-refractivity contribution in [1.29, 1.82) is 0 Å². The van der Waals surface area contributed by atoms with Gasteiger partial charge in [-0.25, -0.2) is 0 Å². The third kappa shape index (κ3) is 4.10. The minimum absolute atomic E-state index is 0.212. The Morgan fingerprint density at radius 2 is 2.07 bits per heavy atom. The van der Waals surface area contributed by atoms with Gasteiger partial charge in [-0.05, 0) is 13.8 Å². The first kappa shape index (κ1) is 18.3. The number of aromatic nitrogens is 3. The van der Waals surface area contributed by atoms with Crippen LogP contribution in [0.5, 0.6) is 0 Å². The topological polar surface area (TPSA) is 113 Å². The molecule has 1 aliphatic heterocycles. The average Bonchev–Trinajstić information content (AvgIpc) is 3.42. The fourth-order valence-corrected chi connectivity index (χ4v) is 2.80. The summed E-state index contributed by atoms with van der Waals surface area (Å²) in [5, 5.41) is 14.6. The van der Waals surface area contributed by atoms with Gasteiger partial charge in [0.25, 0.3) is 5.91 Å². The molecule has 0 radical (unpaired) electrons. The van der Waals surface area contributed by atoms with Crippen LogP contribution in [0.2, 0.25) is 0 Å². The molecule has 4 rings (SSSR count). The van der Waals surface area contributed by atoms with Gasteiger partial charge in [-0.3, -0.25) is 4.79 Å². The molecule has 0 saturated carbocycles. The lowest BCUT2D eigenvalue weighted by Crippen LogP contribution is -2.26. The molecule has 1 atom stereocenters. The van der Waals surface area contributed by atoms with E-state index >= 15 is 0 Å². The number of benzene rings is 1. The lowest BCUT2D eigenvalue weighted by molar-refractivity contribution is -0.141. The van der Waals surface area contributed by atoms with Crippen LogP contribution in [0.15, 0.2) is 45.3 Å². The van der Waals surface area contributed by atoms with Crippen molar-refractivity contribution in [3.05, 3.63) is 53.9 Å². The van der Waals surface area contributed by atoms with Crippen molar-refractivity contribution < 1.29 is 23.2 Å². The first-order valence-corrected chi connectivity index (χ1v) is 8.94. The summed E-state index contributed by atoms with van der Waals surface area (Å²) < 4.78 is 22.0. The van der Waals surface area contributed by atoms with E-state index in [-0.39, 0.29) is 17.7 Å². The van der Waals surface area contributed by atoms with Crippen LogP contribution in [0, 0.1) is 0 Å². The molecule has 1 saturated heterocycles. The molecule has 1 aliphatic rings. The summed E-state index contributed by atoms with van der Waals surface area (Å²) in [4.78, 5) is 12.2. The number of hydrogen-bond donors (Lipinski definition) is 1. The number of ether oxygens (including phenoxy) is 2. The molecule has 1 amide bonds.